The third kappa shape index (κ3) is 3.24. The second kappa shape index (κ2) is 6.48. The molecular formula is C17H10Cl2F3NO3. The third-order valence-corrected chi connectivity index (χ3v) is 4.32. The van der Waals surface area contributed by atoms with E-state index in [4.69, 9.17) is 33.0 Å². The van der Waals surface area contributed by atoms with Crippen molar-refractivity contribution in [3.8, 4) is 0 Å². The molecule has 1 aliphatic rings. The molecule has 26 heavy (non-hydrogen) atoms. The van der Waals surface area contributed by atoms with Crippen molar-refractivity contribution in [3.05, 3.63) is 69.2 Å². The number of carboxylic acids is 1. The van der Waals surface area contributed by atoms with Gasteiger partial charge in [0.1, 0.15) is 0 Å². The van der Waals surface area contributed by atoms with E-state index in [1.54, 1.807) is 0 Å². The number of nitrogens with zero attached hydrogens (tertiary/aromatic N) is 1. The van der Waals surface area contributed by atoms with Crippen LogP contribution < -0.4 is 0 Å². The Kier molecular flexibility index (Phi) is 4.62. The minimum Gasteiger partial charge on any atom is -0.478 e. The third-order valence-electron chi connectivity index (χ3n) is 3.88. The summed E-state index contributed by atoms with van der Waals surface area (Å²) in [5.74, 6) is -1.39. The molecule has 3 rings (SSSR count). The number of alkyl halides is 3. The summed E-state index contributed by atoms with van der Waals surface area (Å²) in [6, 6.07) is 8.76. The second-order valence-corrected chi connectivity index (χ2v) is 6.46. The molecule has 0 fully saturated rings. The highest BCUT2D eigenvalue weighted by atomic mass is 35.5. The number of aromatic carboxylic acids is 1. The summed E-state index contributed by atoms with van der Waals surface area (Å²) in [6.45, 7) is -0.705. The molecule has 0 spiro atoms. The van der Waals surface area contributed by atoms with Crippen LogP contribution >= 0.6 is 23.2 Å². The molecule has 4 nitrogen and oxygen atoms in total. The van der Waals surface area contributed by atoms with Crippen molar-refractivity contribution in [1.29, 1.82) is 0 Å². The predicted molar refractivity (Wildman–Crippen MR) is 90.1 cm³/mol. The SMILES string of the molecule is O=C(O)c1ccc(C2=NCC(c3cc(Cl)cc(Cl)c3)(C(F)(F)F)O2)cc1. The van der Waals surface area contributed by atoms with E-state index in [1.165, 1.54) is 30.3 Å². The summed E-state index contributed by atoms with van der Waals surface area (Å²) in [5, 5.41) is 8.98. The fraction of sp³-hybridized carbons (Fsp3) is 0.176. The van der Waals surface area contributed by atoms with E-state index in [2.05, 4.69) is 4.99 Å². The molecule has 1 atom stereocenters. The number of ether oxygens (including phenoxy) is 1. The number of hydrogen-bond donors (Lipinski definition) is 1. The van der Waals surface area contributed by atoms with Crippen molar-refractivity contribution in [2.45, 2.75) is 11.8 Å². The Bertz CT molecular complexity index is 877. The number of rotatable bonds is 3. The Hall–Kier alpha value is -2.25. The lowest BCUT2D eigenvalue weighted by atomic mass is 9.93. The van der Waals surface area contributed by atoms with Crippen molar-refractivity contribution in [2.75, 3.05) is 6.54 Å². The van der Waals surface area contributed by atoms with Crippen LogP contribution in [0, 0.1) is 0 Å². The minimum atomic E-state index is -4.78. The lowest BCUT2D eigenvalue weighted by Gasteiger charge is -2.31. The lowest BCUT2D eigenvalue weighted by Crippen LogP contribution is -2.45. The maximum absolute atomic E-state index is 13.9. The van der Waals surface area contributed by atoms with Crippen LogP contribution in [0.1, 0.15) is 21.5 Å². The first-order valence-corrected chi connectivity index (χ1v) is 7.98. The van der Waals surface area contributed by atoms with E-state index in [0.717, 1.165) is 12.1 Å². The van der Waals surface area contributed by atoms with Crippen LogP contribution in [0.2, 0.25) is 10.0 Å². The first-order valence-electron chi connectivity index (χ1n) is 7.23. The molecule has 2 aromatic rings. The van der Waals surface area contributed by atoms with Gasteiger partial charge in [-0.3, -0.25) is 0 Å². The number of benzene rings is 2. The van der Waals surface area contributed by atoms with Crippen LogP contribution in [0.3, 0.4) is 0 Å². The van der Waals surface area contributed by atoms with Crippen LogP contribution in [0.25, 0.3) is 0 Å². The number of aliphatic imine (C=N–C) groups is 1. The Labute approximate surface area is 155 Å². The summed E-state index contributed by atoms with van der Waals surface area (Å²) >= 11 is 11.7. The standard InChI is InChI=1S/C17H10Cl2F3NO3/c18-12-5-11(6-13(19)7-12)16(17(20,21)22)8-23-14(26-16)9-1-3-10(4-2-9)15(24)25/h1-7H,8H2,(H,24,25). The van der Waals surface area contributed by atoms with Crippen LogP contribution in [0.15, 0.2) is 47.5 Å². The molecule has 1 unspecified atom stereocenters. The second-order valence-electron chi connectivity index (χ2n) is 5.59. The summed E-state index contributed by atoms with van der Waals surface area (Å²) in [6.07, 6.45) is -4.78. The molecule has 0 bridgehead atoms. The zero-order chi connectivity index (χ0) is 19.1. The Morgan fingerprint density at radius 3 is 2.19 bits per heavy atom. The molecule has 0 aromatic heterocycles. The molecule has 0 saturated heterocycles. The Balaban J connectivity index is 1.99. The van der Waals surface area contributed by atoms with E-state index >= 15 is 0 Å². The zero-order valence-electron chi connectivity index (χ0n) is 12.8. The molecule has 9 heteroatoms. The highest BCUT2D eigenvalue weighted by Gasteiger charge is 2.61. The maximum Gasteiger partial charge on any atom is 0.434 e. The van der Waals surface area contributed by atoms with Gasteiger partial charge in [-0.2, -0.15) is 13.2 Å². The smallest absolute Gasteiger partial charge is 0.434 e. The summed E-state index contributed by atoms with van der Waals surface area (Å²) in [4.78, 5) is 14.8. The normalized spacial score (nSPS) is 19.8. The van der Waals surface area contributed by atoms with Crippen molar-refractivity contribution in [1.82, 2.24) is 0 Å². The van der Waals surface area contributed by atoms with Gasteiger partial charge in [-0.15, -0.1) is 0 Å². The molecule has 1 N–H and O–H groups in total. The number of halogens is 5. The van der Waals surface area contributed by atoms with Crippen molar-refractivity contribution in [2.24, 2.45) is 4.99 Å². The van der Waals surface area contributed by atoms with Gasteiger partial charge in [0, 0.05) is 21.2 Å². The van der Waals surface area contributed by atoms with Crippen molar-refractivity contribution >= 4 is 35.1 Å². The van der Waals surface area contributed by atoms with Gasteiger partial charge in [-0.05, 0) is 42.5 Å². The largest absolute Gasteiger partial charge is 0.478 e. The van der Waals surface area contributed by atoms with E-state index in [-0.39, 0.29) is 32.6 Å². The van der Waals surface area contributed by atoms with Gasteiger partial charge in [0.25, 0.3) is 0 Å². The predicted octanol–water partition coefficient (Wildman–Crippen LogP) is 4.93. The summed E-state index contributed by atoms with van der Waals surface area (Å²) in [7, 11) is 0. The summed E-state index contributed by atoms with van der Waals surface area (Å²) < 4.78 is 46.8. The minimum absolute atomic E-state index is 0.00365. The fourth-order valence-electron chi connectivity index (χ4n) is 2.57. The Morgan fingerprint density at radius 2 is 1.69 bits per heavy atom. The van der Waals surface area contributed by atoms with Gasteiger partial charge in [0.15, 0.2) is 0 Å². The molecule has 0 amide bonds. The quantitative estimate of drug-likeness (QED) is 0.790. The first-order chi connectivity index (χ1) is 12.1. The molecule has 1 heterocycles. The molecule has 136 valence electrons. The van der Waals surface area contributed by atoms with Crippen molar-refractivity contribution < 1.29 is 27.8 Å². The number of carboxylic acid groups (broad SMARTS) is 1. The van der Waals surface area contributed by atoms with Gasteiger partial charge in [-0.25, -0.2) is 9.79 Å². The van der Waals surface area contributed by atoms with Crippen LogP contribution in [0.5, 0.6) is 0 Å². The van der Waals surface area contributed by atoms with E-state index < -0.39 is 24.3 Å². The monoisotopic (exact) mass is 403 g/mol. The number of hydrogen-bond acceptors (Lipinski definition) is 3. The van der Waals surface area contributed by atoms with Gasteiger partial charge >= 0.3 is 12.1 Å². The highest BCUT2D eigenvalue weighted by molar-refractivity contribution is 6.34. The molecule has 1 aliphatic heterocycles. The Morgan fingerprint density at radius 1 is 1.12 bits per heavy atom. The van der Waals surface area contributed by atoms with Crippen LogP contribution in [-0.4, -0.2) is 29.7 Å². The average Bonchev–Trinajstić information content (AvgIpc) is 3.00. The highest BCUT2D eigenvalue weighted by Crippen LogP contribution is 2.47. The molecule has 2 aromatic carbocycles. The number of carbonyl (C=O) groups is 1. The van der Waals surface area contributed by atoms with E-state index in [1.807, 2.05) is 0 Å². The fourth-order valence-corrected chi connectivity index (χ4v) is 3.09. The molecular weight excluding hydrogens is 394 g/mol. The molecule has 0 aliphatic carbocycles. The molecule has 0 radical (unpaired) electrons. The maximum atomic E-state index is 13.9. The van der Waals surface area contributed by atoms with Gasteiger partial charge in [-0.1, -0.05) is 23.2 Å². The van der Waals surface area contributed by atoms with Crippen molar-refractivity contribution in [3.63, 3.8) is 0 Å². The van der Waals surface area contributed by atoms with E-state index in [9.17, 15) is 18.0 Å². The zero-order valence-corrected chi connectivity index (χ0v) is 14.4. The van der Waals surface area contributed by atoms with Gasteiger partial charge < -0.3 is 9.84 Å². The molecule has 0 saturated carbocycles. The van der Waals surface area contributed by atoms with Crippen LogP contribution in [-0.2, 0) is 10.3 Å². The van der Waals surface area contributed by atoms with Gasteiger partial charge in [0.2, 0.25) is 11.5 Å². The summed E-state index contributed by atoms with van der Waals surface area (Å²) in [5.41, 5.74) is -2.75. The average molecular weight is 404 g/mol. The lowest BCUT2D eigenvalue weighted by molar-refractivity contribution is -0.249. The topological polar surface area (TPSA) is 58.9 Å². The van der Waals surface area contributed by atoms with Gasteiger partial charge in [0.05, 0.1) is 12.1 Å². The van der Waals surface area contributed by atoms with Crippen LogP contribution in [0.4, 0.5) is 13.2 Å². The first kappa shape index (κ1) is 18.5. The van der Waals surface area contributed by atoms with E-state index in [0.29, 0.717) is 0 Å².